The molecule has 1 rings (SSSR count). The summed E-state index contributed by atoms with van der Waals surface area (Å²) < 4.78 is 24.2. The number of hydrogen-bond donors (Lipinski definition) is 3. The van der Waals surface area contributed by atoms with E-state index in [1.165, 1.54) is 0 Å². The average molecular weight is 302 g/mol. The fourth-order valence-corrected chi connectivity index (χ4v) is 2.01. The Morgan fingerprint density at radius 1 is 1.40 bits per heavy atom. The number of hydrogen-bond acceptors (Lipinski definition) is 3. The Kier molecular flexibility index (Phi) is 6.10. The number of carbonyl (C=O) groups is 2. The zero-order chi connectivity index (χ0) is 15.1. The van der Waals surface area contributed by atoms with Crippen LogP contribution in [0.2, 0.25) is 0 Å². The molecule has 0 spiro atoms. The quantitative estimate of drug-likeness (QED) is 0.740. The van der Waals surface area contributed by atoms with Crippen molar-refractivity contribution >= 4 is 28.5 Å². The van der Waals surface area contributed by atoms with Gasteiger partial charge in [-0.3, -0.25) is 4.21 Å². The summed E-state index contributed by atoms with van der Waals surface area (Å²) >= 11 is 0. The van der Waals surface area contributed by atoms with Crippen LogP contribution in [0.1, 0.15) is 17.3 Å². The van der Waals surface area contributed by atoms with Crippen LogP contribution >= 0.6 is 0 Å². The molecule has 0 aliphatic rings. The summed E-state index contributed by atoms with van der Waals surface area (Å²) in [4.78, 5) is 22.5. The molecule has 3 N–H and O–H groups in total. The first-order chi connectivity index (χ1) is 9.43. The van der Waals surface area contributed by atoms with E-state index >= 15 is 0 Å². The van der Waals surface area contributed by atoms with E-state index in [0.29, 0.717) is 11.5 Å². The highest BCUT2D eigenvalue weighted by molar-refractivity contribution is 7.84. The number of halogens is 1. The van der Waals surface area contributed by atoms with Crippen molar-refractivity contribution in [2.24, 2.45) is 0 Å². The SMILES string of the molecule is CCS(=O)CCNC(=O)Nc1cc(F)ccc1C(=O)O. The summed E-state index contributed by atoms with van der Waals surface area (Å²) in [6.45, 7) is 1.95. The monoisotopic (exact) mass is 302 g/mol. The summed E-state index contributed by atoms with van der Waals surface area (Å²) in [5.41, 5.74) is -0.342. The largest absolute Gasteiger partial charge is 0.478 e. The summed E-state index contributed by atoms with van der Waals surface area (Å²) in [5.74, 6) is -1.13. The lowest BCUT2D eigenvalue weighted by Gasteiger charge is -2.09. The molecule has 0 aromatic heterocycles. The molecule has 0 radical (unpaired) electrons. The molecule has 0 aliphatic heterocycles. The molecule has 110 valence electrons. The molecular formula is C12H15FN2O4S. The van der Waals surface area contributed by atoms with Crippen LogP contribution in [-0.4, -0.2) is 39.4 Å². The van der Waals surface area contributed by atoms with E-state index in [2.05, 4.69) is 10.6 Å². The highest BCUT2D eigenvalue weighted by Gasteiger charge is 2.13. The minimum absolute atomic E-state index is 0.133. The third-order valence-corrected chi connectivity index (χ3v) is 3.70. The lowest BCUT2D eigenvalue weighted by atomic mass is 10.2. The Hall–Kier alpha value is -1.96. The minimum Gasteiger partial charge on any atom is -0.478 e. The lowest BCUT2D eigenvalue weighted by molar-refractivity contribution is 0.0698. The number of carboxylic acid groups (broad SMARTS) is 1. The number of nitrogens with one attached hydrogen (secondary N) is 2. The van der Waals surface area contributed by atoms with Crippen molar-refractivity contribution in [1.29, 1.82) is 0 Å². The summed E-state index contributed by atoms with van der Waals surface area (Å²) in [6, 6.07) is 2.31. The number of benzene rings is 1. The van der Waals surface area contributed by atoms with E-state index in [9.17, 15) is 18.2 Å². The van der Waals surface area contributed by atoms with Crippen molar-refractivity contribution in [1.82, 2.24) is 5.32 Å². The molecule has 1 aromatic rings. The summed E-state index contributed by atoms with van der Waals surface area (Å²) in [5, 5.41) is 13.6. The van der Waals surface area contributed by atoms with Gasteiger partial charge in [0, 0.05) is 28.9 Å². The lowest BCUT2D eigenvalue weighted by Crippen LogP contribution is -2.32. The maximum Gasteiger partial charge on any atom is 0.337 e. The molecule has 8 heteroatoms. The maximum atomic E-state index is 13.1. The molecule has 6 nitrogen and oxygen atoms in total. The Labute approximate surface area is 117 Å². The number of urea groups is 1. The van der Waals surface area contributed by atoms with Gasteiger partial charge in [-0.25, -0.2) is 14.0 Å². The second kappa shape index (κ2) is 7.59. The molecule has 0 saturated carbocycles. The standard InChI is InChI=1S/C12H15FN2O4S/c1-2-20(19)6-5-14-12(18)15-10-7-8(13)3-4-9(10)11(16)17/h3-4,7H,2,5-6H2,1H3,(H,16,17)(H2,14,15,18). The van der Waals surface area contributed by atoms with Crippen molar-refractivity contribution in [2.45, 2.75) is 6.92 Å². The van der Waals surface area contributed by atoms with Crippen LogP contribution < -0.4 is 10.6 Å². The van der Waals surface area contributed by atoms with Crippen molar-refractivity contribution in [2.75, 3.05) is 23.4 Å². The second-order valence-corrected chi connectivity index (χ2v) is 5.67. The highest BCUT2D eigenvalue weighted by Crippen LogP contribution is 2.17. The van der Waals surface area contributed by atoms with Crippen LogP contribution in [0.3, 0.4) is 0 Å². The highest BCUT2D eigenvalue weighted by atomic mass is 32.2. The molecule has 0 heterocycles. The number of carbonyl (C=O) groups excluding carboxylic acids is 1. The average Bonchev–Trinajstić information content (AvgIpc) is 2.38. The number of aromatic carboxylic acids is 1. The molecule has 0 saturated heterocycles. The van der Waals surface area contributed by atoms with Gasteiger partial charge < -0.3 is 15.7 Å². The summed E-state index contributed by atoms with van der Waals surface area (Å²) in [6.07, 6.45) is 0. The van der Waals surface area contributed by atoms with Crippen LogP contribution in [0.25, 0.3) is 0 Å². The van der Waals surface area contributed by atoms with Gasteiger partial charge in [-0.05, 0) is 18.2 Å². The fraction of sp³-hybridized carbons (Fsp3) is 0.333. The van der Waals surface area contributed by atoms with Crippen LogP contribution in [-0.2, 0) is 10.8 Å². The van der Waals surface area contributed by atoms with Gasteiger partial charge in [-0.15, -0.1) is 0 Å². The normalized spacial score (nSPS) is 11.7. The van der Waals surface area contributed by atoms with Gasteiger partial charge >= 0.3 is 12.0 Å². The van der Waals surface area contributed by atoms with Crippen molar-refractivity contribution in [3.8, 4) is 0 Å². The Morgan fingerprint density at radius 2 is 2.10 bits per heavy atom. The van der Waals surface area contributed by atoms with Gasteiger partial charge in [-0.1, -0.05) is 6.92 Å². The molecule has 1 atom stereocenters. The van der Waals surface area contributed by atoms with Crippen LogP contribution in [0.15, 0.2) is 18.2 Å². The zero-order valence-electron chi connectivity index (χ0n) is 10.8. The molecule has 1 aromatic carbocycles. The van der Waals surface area contributed by atoms with Gasteiger partial charge in [0.15, 0.2) is 0 Å². The van der Waals surface area contributed by atoms with E-state index in [1.54, 1.807) is 6.92 Å². The molecule has 0 bridgehead atoms. The number of amides is 2. The Morgan fingerprint density at radius 3 is 2.70 bits per heavy atom. The minimum atomic E-state index is -1.27. The first kappa shape index (κ1) is 16.1. The van der Waals surface area contributed by atoms with Crippen molar-refractivity contribution < 1.29 is 23.3 Å². The van der Waals surface area contributed by atoms with E-state index in [1.807, 2.05) is 0 Å². The van der Waals surface area contributed by atoms with Crippen LogP contribution in [0.5, 0.6) is 0 Å². The first-order valence-electron chi connectivity index (χ1n) is 5.86. The zero-order valence-corrected chi connectivity index (χ0v) is 11.6. The van der Waals surface area contributed by atoms with E-state index in [0.717, 1.165) is 18.2 Å². The predicted molar refractivity (Wildman–Crippen MR) is 73.9 cm³/mol. The Balaban J connectivity index is 2.63. The Bertz CT molecular complexity index is 536. The van der Waals surface area contributed by atoms with Crippen molar-refractivity contribution in [3.63, 3.8) is 0 Å². The van der Waals surface area contributed by atoms with Crippen LogP contribution in [0, 0.1) is 5.82 Å². The smallest absolute Gasteiger partial charge is 0.337 e. The van der Waals surface area contributed by atoms with Gasteiger partial charge in [0.25, 0.3) is 0 Å². The van der Waals surface area contributed by atoms with E-state index in [-0.39, 0.29) is 17.8 Å². The van der Waals surface area contributed by atoms with Crippen molar-refractivity contribution in [3.05, 3.63) is 29.6 Å². The second-order valence-electron chi connectivity index (χ2n) is 3.81. The van der Waals surface area contributed by atoms with Gasteiger partial charge in [0.05, 0.1) is 11.3 Å². The first-order valence-corrected chi connectivity index (χ1v) is 7.35. The van der Waals surface area contributed by atoms with Crippen LogP contribution in [0.4, 0.5) is 14.9 Å². The number of carboxylic acids is 1. The molecule has 0 fully saturated rings. The van der Waals surface area contributed by atoms with Gasteiger partial charge in [-0.2, -0.15) is 0 Å². The number of anilines is 1. The molecule has 2 amide bonds. The third-order valence-electron chi connectivity index (χ3n) is 2.40. The summed E-state index contributed by atoms with van der Waals surface area (Å²) in [7, 11) is -1.00. The fourth-order valence-electron chi connectivity index (χ4n) is 1.40. The van der Waals surface area contributed by atoms with Gasteiger partial charge in [0.2, 0.25) is 0 Å². The van der Waals surface area contributed by atoms with E-state index in [4.69, 9.17) is 5.11 Å². The maximum absolute atomic E-state index is 13.1. The topological polar surface area (TPSA) is 95.5 Å². The molecule has 1 unspecified atom stereocenters. The molecule has 20 heavy (non-hydrogen) atoms. The molecule has 0 aliphatic carbocycles. The van der Waals surface area contributed by atoms with E-state index < -0.39 is 28.6 Å². The molecular weight excluding hydrogens is 287 g/mol. The van der Waals surface area contributed by atoms with Gasteiger partial charge in [0.1, 0.15) is 5.82 Å². The predicted octanol–water partition coefficient (Wildman–Crippen LogP) is 1.41. The third kappa shape index (κ3) is 4.96. The number of rotatable bonds is 6.